The maximum absolute atomic E-state index is 12.3. The molecule has 1 aliphatic heterocycles. The van der Waals surface area contributed by atoms with Crippen molar-refractivity contribution < 1.29 is 4.79 Å². The van der Waals surface area contributed by atoms with Crippen LogP contribution in [0.25, 0.3) is 0 Å². The highest BCUT2D eigenvalue weighted by Crippen LogP contribution is 2.46. The predicted octanol–water partition coefficient (Wildman–Crippen LogP) is 3.38. The van der Waals surface area contributed by atoms with Crippen molar-refractivity contribution in [1.82, 2.24) is 4.90 Å². The van der Waals surface area contributed by atoms with E-state index in [1.54, 1.807) is 0 Å². The Morgan fingerprint density at radius 3 is 2.29 bits per heavy atom. The molecule has 1 saturated heterocycles. The number of likely N-dealkylation sites (tertiary alicyclic amines) is 1. The molecule has 3 nitrogen and oxygen atoms in total. The van der Waals surface area contributed by atoms with E-state index in [9.17, 15) is 4.79 Å². The van der Waals surface area contributed by atoms with Crippen LogP contribution < -0.4 is 5.73 Å². The second kappa shape index (κ2) is 6.08. The van der Waals surface area contributed by atoms with Crippen LogP contribution >= 0.6 is 0 Å². The lowest BCUT2D eigenvalue weighted by Gasteiger charge is -2.39. The number of nitrogens with two attached hydrogens (primary N) is 1. The maximum atomic E-state index is 12.3. The third kappa shape index (κ3) is 3.39. The van der Waals surface area contributed by atoms with E-state index in [2.05, 4.69) is 4.90 Å². The largest absolute Gasteiger partial charge is 0.399 e. The second-order valence-corrected chi connectivity index (χ2v) is 6.83. The van der Waals surface area contributed by atoms with E-state index in [0.29, 0.717) is 17.7 Å². The van der Waals surface area contributed by atoms with Gasteiger partial charge in [0.15, 0.2) is 0 Å². The molecule has 0 unspecified atom stereocenters. The number of amides is 1. The summed E-state index contributed by atoms with van der Waals surface area (Å²) in [4.78, 5) is 14.4. The summed E-state index contributed by atoms with van der Waals surface area (Å²) in [5.74, 6) is 0.319. The fourth-order valence-electron chi connectivity index (χ4n) is 3.95. The molecule has 0 aromatic heterocycles. The smallest absolute Gasteiger partial charge is 0.222 e. The van der Waals surface area contributed by atoms with E-state index in [1.165, 1.54) is 44.1 Å². The Balaban J connectivity index is 1.47. The van der Waals surface area contributed by atoms with Crippen molar-refractivity contribution >= 4 is 11.6 Å². The third-order valence-corrected chi connectivity index (χ3v) is 5.45. The zero-order valence-electron chi connectivity index (χ0n) is 12.8. The lowest BCUT2D eigenvalue weighted by atomic mass is 9.77. The van der Waals surface area contributed by atoms with Gasteiger partial charge in [-0.1, -0.05) is 25.0 Å². The first kappa shape index (κ1) is 14.4. The molecule has 21 heavy (non-hydrogen) atoms. The van der Waals surface area contributed by atoms with Crippen molar-refractivity contribution in [2.24, 2.45) is 5.41 Å². The van der Waals surface area contributed by atoms with Gasteiger partial charge in [0.2, 0.25) is 5.91 Å². The Morgan fingerprint density at radius 2 is 1.67 bits per heavy atom. The number of hydrogen-bond donors (Lipinski definition) is 1. The first-order chi connectivity index (χ1) is 10.2. The molecule has 2 aliphatic rings. The van der Waals surface area contributed by atoms with Crippen molar-refractivity contribution in [3.8, 4) is 0 Å². The molecule has 2 N–H and O–H groups in total. The number of anilines is 1. The molecule has 0 radical (unpaired) electrons. The average molecular weight is 286 g/mol. The summed E-state index contributed by atoms with van der Waals surface area (Å²) in [5.41, 5.74) is 8.25. The minimum Gasteiger partial charge on any atom is -0.399 e. The van der Waals surface area contributed by atoms with Gasteiger partial charge in [0.05, 0.1) is 0 Å². The number of hydrogen-bond acceptors (Lipinski definition) is 2. The Morgan fingerprint density at radius 1 is 1.05 bits per heavy atom. The molecular weight excluding hydrogens is 260 g/mol. The fourth-order valence-corrected chi connectivity index (χ4v) is 3.95. The molecule has 1 heterocycles. The predicted molar refractivity (Wildman–Crippen MR) is 85.9 cm³/mol. The van der Waals surface area contributed by atoms with Crippen LogP contribution in [0, 0.1) is 5.41 Å². The quantitative estimate of drug-likeness (QED) is 0.866. The summed E-state index contributed by atoms with van der Waals surface area (Å²) in [5, 5.41) is 0. The minimum atomic E-state index is 0.319. The second-order valence-electron chi connectivity index (χ2n) is 6.83. The lowest BCUT2D eigenvalue weighted by molar-refractivity contribution is -0.133. The van der Waals surface area contributed by atoms with Crippen molar-refractivity contribution in [3.05, 3.63) is 29.8 Å². The molecule has 1 spiro atoms. The van der Waals surface area contributed by atoms with E-state index >= 15 is 0 Å². The van der Waals surface area contributed by atoms with Crippen molar-refractivity contribution in [3.63, 3.8) is 0 Å². The van der Waals surface area contributed by atoms with Crippen molar-refractivity contribution in [1.29, 1.82) is 0 Å². The van der Waals surface area contributed by atoms with Crippen LogP contribution in [0.5, 0.6) is 0 Å². The topological polar surface area (TPSA) is 46.3 Å². The van der Waals surface area contributed by atoms with Gasteiger partial charge in [-0.05, 0) is 55.2 Å². The van der Waals surface area contributed by atoms with Gasteiger partial charge in [0.1, 0.15) is 0 Å². The van der Waals surface area contributed by atoms with Crippen LogP contribution in [-0.4, -0.2) is 23.9 Å². The van der Waals surface area contributed by atoms with Gasteiger partial charge in [0.25, 0.3) is 0 Å². The molecule has 3 heteroatoms. The SMILES string of the molecule is Nc1ccc(CCC(=O)N2CCC3(CCCC3)CC2)cc1. The van der Waals surface area contributed by atoms with Gasteiger partial charge >= 0.3 is 0 Å². The van der Waals surface area contributed by atoms with E-state index in [-0.39, 0.29) is 0 Å². The maximum Gasteiger partial charge on any atom is 0.222 e. The molecule has 0 atom stereocenters. The third-order valence-electron chi connectivity index (χ3n) is 5.45. The highest BCUT2D eigenvalue weighted by Gasteiger charge is 2.37. The van der Waals surface area contributed by atoms with Gasteiger partial charge in [-0.25, -0.2) is 0 Å². The Bertz CT molecular complexity index is 478. The van der Waals surface area contributed by atoms with Crippen LogP contribution in [0.4, 0.5) is 5.69 Å². The fraction of sp³-hybridized carbons (Fsp3) is 0.611. The van der Waals surface area contributed by atoms with E-state index in [0.717, 1.165) is 25.2 Å². The molecule has 1 saturated carbocycles. The van der Waals surface area contributed by atoms with Crippen LogP contribution in [-0.2, 0) is 11.2 Å². The molecule has 114 valence electrons. The zero-order valence-corrected chi connectivity index (χ0v) is 12.8. The van der Waals surface area contributed by atoms with E-state index < -0.39 is 0 Å². The first-order valence-corrected chi connectivity index (χ1v) is 8.29. The number of nitrogen functional groups attached to an aromatic ring is 1. The van der Waals surface area contributed by atoms with Gasteiger partial charge in [-0.3, -0.25) is 4.79 Å². The molecular formula is C18H26N2O. The Labute approximate surface area is 127 Å². The summed E-state index contributed by atoms with van der Waals surface area (Å²) in [6, 6.07) is 7.85. The molecule has 0 bridgehead atoms. The van der Waals surface area contributed by atoms with Gasteiger partial charge in [-0.2, -0.15) is 0 Å². The zero-order chi connectivity index (χ0) is 14.7. The monoisotopic (exact) mass is 286 g/mol. The van der Waals surface area contributed by atoms with Crippen LogP contribution in [0.15, 0.2) is 24.3 Å². The van der Waals surface area contributed by atoms with Gasteiger partial charge in [-0.15, -0.1) is 0 Å². The molecule has 3 rings (SSSR count). The summed E-state index contributed by atoms with van der Waals surface area (Å²) < 4.78 is 0. The number of aryl methyl sites for hydroxylation is 1. The first-order valence-electron chi connectivity index (χ1n) is 8.29. The molecule has 1 aliphatic carbocycles. The minimum absolute atomic E-state index is 0.319. The van der Waals surface area contributed by atoms with E-state index in [4.69, 9.17) is 5.73 Å². The lowest BCUT2D eigenvalue weighted by Crippen LogP contribution is -2.42. The van der Waals surface area contributed by atoms with E-state index in [1.807, 2.05) is 24.3 Å². The highest BCUT2D eigenvalue weighted by atomic mass is 16.2. The summed E-state index contributed by atoms with van der Waals surface area (Å²) >= 11 is 0. The Hall–Kier alpha value is -1.51. The molecule has 1 aromatic rings. The number of nitrogens with zero attached hydrogens (tertiary/aromatic N) is 1. The normalized spacial score (nSPS) is 20.9. The molecule has 2 fully saturated rings. The number of carbonyl (C=O) groups is 1. The Kier molecular flexibility index (Phi) is 4.18. The summed E-state index contributed by atoms with van der Waals surface area (Å²) in [6.45, 7) is 1.95. The molecule has 1 amide bonds. The summed E-state index contributed by atoms with van der Waals surface area (Å²) in [7, 11) is 0. The summed E-state index contributed by atoms with van der Waals surface area (Å²) in [6.07, 6.45) is 9.45. The highest BCUT2D eigenvalue weighted by molar-refractivity contribution is 5.76. The van der Waals surface area contributed by atoms with Gasteiger partial charge < -0.3 is 10.6 Å². The van der Waals surface area contributed by atoms with Crippen molar-refractivity contribution in [2.45, 2.75) is 51.4 Å². The molecule has 1 aromatic carbocycles. The van der Waals surface area contributed by atoms with Crippen LogP contribution in [0.1, 0.15) is 50.5 Å². The number of carbonyl (C=O) groups excluding carboxylic acids is 1. The van der Waals surface area contributed by atoms with Gasteiger partial charge in [0, 0.05) is 25.2 Å². The number of rotatable bonds is 3. The number of piperidine rings is 1. The number of benzene rings is 1. The standard InChI is InChI=1S/C18H26N2O/c19-16-6-3-15(4-7-16)5-8-17(21)20-13-11-18(12-14-20)9-1-2-10-18/h3-4,6-7H,1-2,5,8-14,19H2. The van der Waals surface area contributed by atoms with Crippen molar-refractivity contribution in [2.75, 3.05) is 18.8 Å². The van der Waals surface area contributed by atoms with Crippen LogP contribution in [0.3, 0.4) is 0 Å². The van der Waals surface area contributed by atoms with Crippen LogP contribution in [0.2, 0.25) is 0 Å². The average Bonchev–Trinajstić information content (AvgIpc) is 2.95.